The van der Waals surface area contributed by atoms with Crippen molar-refractivity contribution in [1.82, 2.24) is 29.5 Å². The van der Waals surface area contributed by atoms with Crippen molar-refractivity contribution >= 4 is 16.0 Å². The second kappa shape index (κ2) is 6.59. The molecule has 0 saturated carbocycles. The first kappa shape index (κ1) is 15.3. The van der Waals surface area contributed by atoms with Crippen molar-refractivity contribution in [2.24, 2.45) is 7.05 Å². The molecule has 2 aromatic rings. The summed E-state index contributed by atoms with van der Waals surface area (Å²) < 4.78 is 28.3. The number of nitrogens with one attached hydrogen (secondary N) is 2. The Bertz CT molecular complexity index is 681. The van der Waals surface area contributed by atoms with Crippen molar-refractivity contribution in [2.45, 2.75) is 24.8 Å². The van der Waals surface area contributed by atoms with E-state index in [0.29, 0.717) is 11.8 Å². The van der Waals surface area contributed by atoms with Gasteiger partial charge >= 0.3 is 0 Å². The van der Waals surface area contributed by atoms with Crippen LogP contribution in [0.5, 0.6) is 0 Å². The zero-order valence-electron chi connectivity index (χ0n) is 11.8. The highest BCUT2D eigenvalue weighted by Crippen LogP contribution is 2.08. The van der Waals surface area contributed by atoms with E-state index in [2.05, 4.69) is 30.2 Å². The third-order valence-electron chi connectivity index (χ3n) is 2.70. The first-order valence-electron chi connectivity index (χ1n) is 6.41. The molecule has 0 atom stereocenters. The number of rotatable bonds is 7. The van der Waals surface area contributed by atoms with Gasteiger partial charge in [0.25, 0.3) is 0 Å². The molecule has 2 aromatic heterocycles. The molecule has 0 radical (unpaired) electrons. The lowest BCUT2D eigenvalue weighted by Gasteiger charge is -2.07. The van der Waals surface area contributed by atoms with Gasteiger partial charge in [0.05, 0.1) is 18.9 Å². The number of aromatic nitrogens is 5. The number of anilines is 1. The minimum atomic E-state index is -3.67. The first-order valence-corrected chi connectivity index (χ1v) is 7.89. The molecular weight excluding hydrogens is 294 g/mol. The highest BCUT2D eigenvalue weighted by Gasteiger charge is 2.16. The Labute approximate surface area is 122 Å². The molecule has 0 fully saturated rings. The molecular formula is C11H17N7O2S. The number of hydrogen-bond donors (Lipinski definition) is 2. The molecule has 0 aliphatic heterocycles. The van der Waals surface area contributed by atoms with Crippen molar-refractivity contribution in [2.75, 3.05) is 11.9 Å². The maximum absolute atomic E-state index is 12.1. The normalized spacial score (nSPS) is 11.5. The van der Waals surface area contributed by atoms with E-state index in [1.165, 1.54) is 18.7 Å². The number of aryl methyl sites for hydroxylation is 1. The van der Waals surface area contributed by atoms with Crippen molar-refractivity contribution in [1.29, 1.82) is 0 Å². The number of sulfonamides is 1. The Morgan fingerprint density at radius 3 is 2.57 bits per heavy atom. The van der Waals surface area contributed by atoms with Gasteiger partial charge in [-0.2, -0.15) is 0 Å². The fraction of sp³-hybridized carbons (Fsp3) is 0.455. The Kier molecular flexibility index (Phi) is 4.81. The van der Waals surface area contributed by atoms with Crippen LogP contribution in [0.1, 0.15) is 19.2 Å². The van der Waals surface area contributed by atoms with Gasteiger partial charge in [-0.25, -0.2) is 23.1 Å². The molecule has 0 spiro atoms. The standard InChI is InChI=1S/C11H17N7O2S/c1-3-4-12-11-13-5-9(6-14-11)21(19,20)16-7-10-17-15-8-18(10)2/h5-6,8,16H,3-4,7H2,1-2H3,(H,12,13,14). The minimum absolute atomic E-state index is 0.00622. The number of hydrogen-bond acceptors (Lipinski definition) is 7. The maximum Gasteiger partial charge on any atom is 0.244 e. The molecule has 2 N–H and O–H groups in total. The van der Waals surface area contributed by atoms with Gasteiger partial charge in [-0.15, -0.1) is 10.2 Å². The van der Waals surface area contributed by atoms with Gasteiger partial charge in [-0.3, -0.25) is 0 Å². The quantitative estimate of drug-likeness (QED) is 0.734. The Balaban J connectivity index is 2.03. The van der Waals surface area contributed by atoms with Gasteiger partial charge in [-0.1, -0.05) is 6.92 Å². The van der Waals surface area contributed by atoms with Crippen molar-refractivity contribution in [3.8, 4) is 0 Å². The highest BCUT2D eigenvalue weighted by molar-refractivity contribution is 7.89. The molecule has 0 aliphatic rings. The van der Waals surface area contributed by atoms with Crippen molar-refractivity contribution < 1.29 is 8.42 Å². The summed E-state index contributed by atoms with van der Waals surface area (Å²) in [6, 6.07) is 0. The Morgan fingerprint density at radius 2 is 2.00 bits per heavy atom. The molecule has 0 amide bonds. The van der Waals surface area contributed by atoms with Crippen LogP contribution >= 0.6 is 0 Å². The minimum Gasteiger partial charge on any atom is -0.354 e. The topological polar surface area (TPSA) is 115 Å². The van der Waals surface area contributed by atoms with Crippen LogP contribution in [-0.2, 0) is 23.6 Å². The van der Waals surface area contributed by atoms with E-state index >= 15 is 0 Å². The van der Waals surface area contributed by atoms with Crippen LogP contribution in [0.3, 0.4) is 0 Å². The first-order chi connectivity index (χ1) is 10.0. The summed E-state index contributed by atoms with van der Waals surface area (Å²) in [5.41, 5.74) is 0. The molecule has 9 nitrogen and oxygen atoms in total. The van der Waals surface area contributed by atoms with Crippen LogP contribution in [0.4, 0.5) is 5.95 Å². The van der Waals surface area contributed by atoms with Crippen LogP contribution in [0.25, 0.3) is 0 Å². The monoisotopic (exact) mass is 311 g/mol. The average Bonchev–Trinajstić information content (AvgIpc) is 2.89. The fourth-order valence-electron chi connectivity index (χ4n) is 1.49. The van der Waals surface area contributed by atoms with Gasteiger partial charge in [0.1, 0.15) is 17.0 Å². The van der Waals surface area contributed by atoms with Gasteiger partial charge < -0.3 is 9.88 Å². The summed E-state index contributed by atoms with van der Waals surface area (Å²) in [5.74, 6) is 0.921. The van der Waals surface area contributed by atoms with E-state index in [-0.39, 0.29) is 11.4 Å². The van der Waals surface area contributed by atoms with Gasteiger partial charge in [0.15, 0.2) is 0 Å². The van der Waals surface area contributed by atoms with Crippen LogP contribution in [0, 0.1) is 0 Å². The molecule has 0 aromatic carbocycles. The Morgan fingerprint density at radius 1 is 1.29 bits per heavy atom. The van der Waals surface area contributed by atoms with Crippen LogP contribution < -0.4 is 10.0 Å². The third-order valence-corrected chi connectivity index (χ3v) is 4.05. The molecule has 0 bridgehead atoms. The third kappa shape index (κ3) is 3.95. The Hall–Kier alpha value is -2.07. The highest BCUT2D eigenvalue weighted by atomic mass is 32.2. The van der Waals surface area contributed by atoms with E-state index < -0.39 is 10.0 Å². The zero-order chi connectivity index (χ0) is 15.3. The van der Waals surface area contributed by atoms with E-state index in [1.54, 1.807) is 11.6 Å². The summed E-state index contributed by atoms with van der Waals surface area (Å²) in [5, 5.41) is 10.5. The SMILES string of the molecule is CCCNc1ncc(S(=O)(=O)NCc2nncn2C)cn1. The lowest BCUT2D eigenvalue weighted by Crippen LogP contribution is -2.25. The lowest BCUT2D eigenvalue weighted by atomic mass is 10.5. The molecule has 2 rings (SSSR count). The summed E-state index contributed by atoms with van der Waals surface area (Å²) >= 11 is 0. The molecule has 0 aliphatic carbocycles. The van der Waals surface area contributed by atoms with Gasteiger partial charge in [-0.05, 0) is 6.42 Å². The summed E-state index contributed by atoms with van der Waals surface area (Å²) in [6.07, 6.45) is 4.97. The lowest BCUT2D eigenvalue weighted by molar-refractivity contribution is 0.576. The second-order valence-electron chi connectivity index (χ2n) is 4.35. The summed E-state index contributed by atoms with van der Waals surface area (Å²) in [4.78, 5) is 7.95. The predicted molar refractivity (Wildman–Crippen MR) is 75.8 cm³/mol. The molecule has 21 heavy (non-hydrogen) atoms. The van der Waals surface area contributed by atoms with Gasteiger partial charge in [0, 0.05) is 13.6 Å². The molecule has 2 heterocycles. The van der Waals surface area contributed by atoms with E-state index in [9.17, 15) is 8.42 Å². The zero-order valence-corrected chi connectivity index (χ0v) is 12.6. The molecule has 10 heteroatoms. The van der Waals surface area contributed by atoms with E-state index in [4.69, 9.17) is 0 Å². The fourth-order valence-corrected chi connectivity index (χ4v) is 2.36. The summed E-state index contributed by atoms with van der Waals surface area (Å²) in [7, 11) is -1.94. The largest absolute Gasteiger partial charge is 0.354 e. The van der Waals surface area contributed by atoms with Crippen molar-refractivity contribution in [3.63, 3.8) is 0 Å². The van der Waals surface area contributed by atoms with Crippen molar-refractivity contribution in [3.05, 3.63) is 24.5 Å². The van der Waals surface area contributed by atoms with Crippen LogP contribution in [-0.4, -0.2) is 39.7 Å². The van der Waals surface area contributed by atoms with Gasteiger partial charge in [0.2, 0.25) is 16.0 Å². The smallest absolute Gasteiger partial charge is 0.244 e. The van der Waals surface area contributed by atoms with E-state index in [0.717, 1.165) is 13.0 Å². The van der Waals surface area contributed by atoms with E-state index in [1.807, 2.05) is 6.92 Å². The average molecular weight is 311 g/mol. The summed E-state index contributed by atoms with van der Waals surface area (Å²) in [6.45, 7) is 2.80. The number of nitrogens with zero attached hydrogens (tertiary/aromatic N) is 5. The predicted octanol–water partition coefficient (Wildman–Crippen LogP) is -0.0945. The van der Waals surface area contributed by atoms with Crippen LogP contribution in [0.15, 0.2) is 23.6 Å². The molecule has 0 saturated heterocycles. The molecule has 114 valence electrons. The second-order valence-corrected chi connectivity index (χ2v) is 6.12. The van der Waals surface area contributed by atoms with Crippen LogP contribution in [0.2, 0.25) is 0 Å². The maximum atomic E-state index is 12.1. The molecule has 0 unspecified atom stereocenters.